The first-order chi connectivity index (χ1) is 17.9. The number of hydrogen-bond donors (Lipinski definition) is 0. The lowest BCUT2D eigenvalue weighted by Gasteiger charge is -2.35. The Kier molecular flexibility index (Phi) is 7.27. The summed E-state index contributed by atoms with van der Waals surface area (Å²) >= 11 is 0. The molecule has 194 valence electrons. The van der Waals surface area contributed by atoms with Gasteiger partial charge in [0, 0.05) is 43.5 Å². The first kappa shape index (κ1) is 25.0. The monoisotopic (exact) mass is 513 g/mol. The molecule has 0 bridgehead atoms. The number of nitrogens with zero attached hydrogens (tertiary/aromatic N) is 5. The number of ether oxygens (including phenoxy) is 1. The molecule has 0 aliphatic carbocycles. The number of benzene rings is 2. The summed E-state index contributed by atoms with van der Waals surface area (Å²) < 4.78 is 57.7. The van der Waals surface area contributed by atoms with Crippen molar-refractivity contribution in [2.24, 2.45) is 0 Å². The van der Waals surface area contributed by atoms with Gasteiger partial charge in [-0.05, 0) is 42.8 Å². The molecule has 1 saturated heterocycles. The van der Waals surface area contributed by atoms with Crippen LogP contribution in [0.25, 0.3) is 22.2 Å². The molecule has 4 aromatic rings. The third-order valence-electron chi connectivity index (χ3n) is 6.63. The Morgan fingerprint density at radius 1 is 0.919 bits per heavy atom. The molecule has 1 fully saturated rings. The van der Waals surface area contributed by atoms with Gasteiger partial charge in [-0.1, -0.05) is 24.3 Å². The van der Waals surface area contributed by atoms with Gasteiger partial charge in [0.1, 0.15) is 17.4 Å². The Bertz CT molecular complexity index is 1350. The van der Waals surface area contributed by atoms with Crippen LogP contribution in [0.3, 0.4) is 0 Å². The van der Waals surface area contributed by atoms with Crippen molar-refractivity contribution in [1.82, 2.24) is 19.4 Å². The number of halogens is 4. The van der Waals surface area contributed by atoms with Gasteiger partial charge in [0.2, 0.25) is 0 Å². The predicted molar refractivity (Wildman–Crippen MR) is 135 cm³/mol. The normalized spacial score (nSPS) is 14.7. The van der Waals surface area contributed by atoms with Crippen LogP contribution in [0.2, 0.25) is 0 Å². The average Bonchev–Trinajstić information content (AvgIpc) is 3.19. The molecule has 1 aliphatic heterocycles. The van der Waals surface area contributed by atoms with E-state index in [-0.39, 0.29) is 12.3 Å². The Labute approximate surface area is 212 Å². The first-order valence-electron chi connectivity index (χ1n) is 12.1. The topological polar surface area (TPSA) is 46.4 Å². The number of para-hydroxylation sites is 1. The van der Waals surface area contributed by atoms with E-state index in [0.717, 1.165) is 33.8 Å². The number of aryl methyl sites for hydroxylation is 1. The average molecular weight is 514 g/mol. The molecule has 3 heterocycles. The first-order valence-corrected chi connectivity index (χ1v) is 12.1. The van der Waals surface area contributed by atoms with E-state index in [4.69, 9.17) is 4.74 Å². The van der Waals surface area contributed by atoms with Crippen LogP contribution < -0.4 is 9.64 Å². The summed E-state index contributed by atoms with van der Waals surface area (Å²) in [5, 5.41) is 0. The maximum Gasteiger partial charge on any atom is 0.387 e. The lowest BCUT2D eigenvalue weighted by molar-refractivity contribution is -0.0504. The maximum atomic E-state index is 12.9. The van der Waals surface area contributed by atoms with Gasteiger partial charge < -0.3 is 14.2 Å². The van der Waals surface area contributed by atoms with E-state index in [0.29, 0.717) is 38.3 Å². The van der Waals surface area contributed by atoms with Crippen LogP contribution in [-0.2, 0) is 6.54 Å². The fourth-order valence-electron chi connectivity index (χ4n) is 4.74. The molecule has 37 heavy (non-hydrogen) atoms. The minimum atomic E-state index is -2.90. The van der Waals surface area contributed by atoms with E-state index in [1.165, 1.54) is 6.07 Å². The lowest BCUT2D eigenvalue weighted by Crippen LogP contribution is -2.48. The number of piperazine rings is 1. The summed E-state index contributed by atoms with van der Waals surface area (Å²) in [7, 11) is 0. The van der Waals surface area contributed by atoms with Crippen LogP contribution in [0.15, 0.2) is 60.8 Å². The van der Waals surface area contributed by atoms with Crippen molar-refractivity contribution < 1.29 is 22.3 Å². The Balaban J connectivity index is 1.36. The van der Waals surface area contributed by atoms with E-state index in [1.54, 1.807) is 29.3 Å². The molecule has 0 radical (unpaired) electrons. The number of hydrogen-bond acceptors (Lipinski definition) is 5. The Morgan fingerprint density at radius 2 is 1.68 bits per heavy atom. The van der Waals surface area contributed by atoms with E-state index < -0.39 is 13.0 Å². The lowest BCUT2D eigenvalue weighted by atomic mass is 10.1. The molecule has 0 unspecified atom stereocenters. The number of aromatic nitrogens is 3. The van der Waals surface area contributed by atoms with Gasteiger partial charge in [0.25, 0.3) is 6.43 Å². The second-order valence-electron chi connectivity index (χ2n) is 9.02. The number of imidazole rings is 1. The quantitative estimate of drug-likeness (QED) is 0.294. The molecule has 6 nitrogen and oxygen atoms in total. The van der Waals surface area contributed by atoms with Gasteiger partial charge in [-0.3, -0.25) is 4.90 Å². The zero-order chi connectivity index (χ0) is 25.9. The highest BCUT2D eigenvalue weighted by molar-refractivity contribution is 5.83. The van der Waals surface area contributed by atoms with Crippen LogP contribution in [0.1, 0.15) is 11.4 Å². The van der Waals surface area contributed by atoms with E-state index in [2.05, 4.69) is 14.9 Å². The zero-order valence-electron chi connectivity index (χ0n) is 20.3. The van der Waals surface area contributed by atoms with Crippen molar-refractivity contribution in [3.63, 3.8) is 0 Å². The maximum absolute atomic E-state index is 12.9. The number of rotatable bonds is 8. The van der Waals surface area contributed by atoms with Crippen molar-refractivity contribution in [3.8, 4) is 16.9 Å². The Hall–Kier alpha value is -3.66. The van der Waals surface area contributed by atoms with Gasteiger partial charge in [-0.15, -0.1) is 0 Å². The predicted octanol–water partition coefficient (Wildman–Crippen LogP) is 5.44. The molecule has 0 saturated carbocycles. The molecule has 2 aromatic carbocycles. The van der Waals surface area contributed by atoms with Crippen LogP contribution in [0.5, 0.6) is 5.75 Å². The van der Waals surface area contributed by atoms with Crippen molar-refractivity contribution in [3.05, 3.63) is 72.2 Å². The third kappa shape index (κ3) is 5.69. The molecular formula is C27H27F4N5O. The summed E-state index contributed by atoms with van der Waals surface area (Å²) in [6.07, 6.45) is -0.511. The molecule has 2 aromatic heterocycles. The molecule has 10 heteroatoms. The number of pyridine rings is 1. The number of alkyl halides is 4. The number of anilines is 1. The van der Waals surface area contributed by atoms with Crippen molar-refractivity contribution in [1.29, 1.82) is 0 Å². The fraction of sp³-hybridized carbons (Fsp3) is 0.333. The minimum absolute atomic E-state index is 0.143. The highest BCUT2D eigenvalue weighted by Crippen LogP contribution is 2.28. The van der Waals surface area contributed by atoms with E-state index in [1.807, 2.05) is 41.8 Å². The van der Waals surface area contributed by atoms with Gasteiger partial charge in [-0.2, -0.15) is 8.78 Å². The minimum Gasteiger partial charge on any atom is -0.434 e. The standard InChI is InChI=1S/C27H27F4N5O/c1-18-33-22-8-6-19(14-23(22)36(18)16-21-4-2-3-5-24(21)37-27(30)31)20-7-9-26(32-15-20)35-12-10-34(11-13-35)17-25(28)29/h2-9,14-15,25,27H,10-13,16-17H2,1H3. The fourth-order valence-corrected chi connectivity index (χ4v) is 4.74. The summed E-state index contributed by atoms with van der Waals surface area (Å²) in [5.74, 6) is 1.72. The highest BCUT2D eigenvalue weighted by atomic mass is 19.3. The summed E-state index contributed by atoms with van der Waals surface area (Å²) in [5.41, 5.74) is 4.19. The van der Waals surface area contributed by atoms with Crippen molar-refractivity contribution >= 4 is 16.9 Å². The molecule has 5 rings (SSSR count). The molecule has 1 aliphatic rings. The van der Waals surface area contributed by atoms with Crippen molar-refractivity contribution in [2.45, 2.75) is 26.5 Å². The molecule has 0 spiro atoms. The van der Waals surface area contributed by atoms with Crippen LogP contribution >= 0.6 is 0 Å². The van der Waals surface area contributed by atoms with Crippen LogP contribution in [0, 0.1) is 6.92 Å². The van der Waals surface area contributed by atoms with Gasteiger partial charge in [-0.25, -0.2) is 18.7 Å². The smallest absolute Gasteiger partial charge is 0.387 e. The second kappa shape index (κ2) is 10.8. The van der Waals surface area contributed by atoms with Gasteiger partial charge in [0.05, 0.1) is 24.1 Å². The van der Waals surface area contributed by atoms with E-state index >= 15 is 0 Å². The van der Waals surface area contributed by atoms with Crippen LogP contribution in [-0.4, -0.2) is 65.2 Å². The van der Waals surface area contributed by atoms with Crippen LogP contribution in [0.4, 0.5) is 23.4 Å². The summed E-state index contributed by atoms with van der Waals surface area (Å²) in [4.78, 5) is 13.1. The highest BCUT2D eigenvalue weighted by Gasteiger charge is 2.20. The molecular weight excluding hydrogens is 486 g/mol. The largest absolute Gasteiger partial charge is 0.434 e. The molecule has 0 N–H and O–H groups in total. The zero-order valence-corrected chi connectivity index (χ0v) is 20.3. The van der Waals surface area contributed by atoms with E-state index in [9.17, 15) is 17.6 Å². The summed E-state index contributed by atoms with van der Waals surface area (Å²) in [6.45, 7) is 1.60. The second-order valence-corrected chi connectivity index (χ2v) is 9.02. The third-order valence-corrected chi connectivity index (χ3v) is 6.63. The SMILES string of the molecule is Cc1nc2ccc(-c3ccc(N4CCN(CC(F)F)CC4)nc3)cc2n1Cc1ccccc1OC(F)F. The molecule has 0 amide bonds. The molecule has 0 atom stereocenters. The van der Waals surface area contributed by atoms with Gasteiger partial charge >= 0.3 is 6.61 Å². The Morgan fingerprint density at radius 3 is 2.38 bits per heavy atom. The summed E-state index contributed by atoms with van der Waals surface area (Å²) in [6, 6.07) is 16.6. The number of fused-ring (bicyclic) bond motifs is 1. The van der Waals surface area contributed by atoms with Gasteiger partial charge in [0.15, 0.2) is 0 Å². The van der Waals surface area contributed by atoms with Crippen molar-refractivity contribution in [2.75, 3.05) is 37.6 Å².